The second kappa shape index (κ2) is 13.4. The van der Waals surface area contributed by atoms with Crippen LogP contribution in [-0.2, 0) is 0 Å². The molecule has 0 saturated carbocycles. The van der Waals surface area contributed by atoms with Gasteiger partial charge in [-0.1, -0.05) is 87.5 Å². The van der Waals surface area contributed by atoms with E-state index < -0.39 is 0 Å². The molecule has 0 N–H and O–H groups in total. The molecule has 1 rings (SSSR count). The monoisotopic (exact) mass is 257 g/mol. The van der Waals surface area contributed by atoms with E-state index in [1.807, 2.05) is 6.08 Å². The number of rotatable bonds is 0. The second-order valence-corrected chi connectivity index (χ2v) is 5.29. The van der Waals surface area contributed by atoms with E-state index in [-0.39, 0.29) is 0 Å². The van der Waals surface area contributed by atoms with Crippen molar-refractivity contribution in [2.45, 2.75) is 70.6 Å². The fraction of sp³-hybridized carbons (Fsp3) is 0.579. The van der Waals surface area contributed by atoms with Crippen molar-refractivity contribution in [2.24, 2.45) is 0 Å². The summed E-state index contributed by atoms with van der Waals surface area (Å²) in [5.74, 6) is 0. The zero-order valence-corrected chi connectivity index (χ0v) is 12.3. The van der Waals surface area contributed by atoms with Crippen molar-refractivity contribution in [1.82, 2.24) is 0 Å². The predicted molar refractivity (Wildman–Crippen MR) is 86.0 cm³/mol. The highest BCUT2D eigenvalue weighted by Crippen LogP contribution is 2.11. The maximum absolute atomic E-state index is 3.34. The Hall–Kier alpha value is -1.04. The molecule has 1 radical (unpaired) electrons. The van der Waals surface area contributed by atoms with E-state index in [2.05, 4.69) is 42.5 Å². The summed E-state index contributed by atoms with van der Waals surface area (Å²) < 4.78 is 0. The molecule has 0 nitrogen and oxygen atoms in total. The van der Waals surface area contributed by atoms with E-state index in [1.54, 1.807) is 0 Å². The van der Waals surface area contributed by atoms with Crippen LogP contribution in [0.1, 0.15) is 70.6 Å². The van der Waals surface area contributed by atoms with Crippen LogP contribution < -0.4 is 0 Å². The normalized spacial score (nSPS) is 27.4. The third-order valence-electron chi connectivity index (χ3n) is 3.49. The Morgan fingerprint density at radius 3 is 1.89 bits per heavy atom. The molecule has 0 amide bonds. The van der Waals surface area contributed by atoms with Gasteiger partial charge < -0.3 is 0 Å². The highest BCUT2D eigenvalue weighted by atomic mass is 14.0. The van der Waals surface area contributed by atoms with Crippen LogP contribution in [0.25, 0.3) is 0 Å². The Kier molecular flexibility index (Phi) is 11.3. The number of hydrogen-bond donors (Lipinski definition) is 0. The van der Waals surface area contributed by atoms with Crippen LogP contribution in [0.2, 0.25) is 0 Å². The minimum Gasteiger partial charge on any atom is -0.0845 e. The zero-order valence-electron chi connectivity index (χ0n) is 12.3. The zero-order chi connectivity index (χ0) is 13.4. The van der Waals surface area contributed by atoms with Crippen LogP contribution in [-0.4, -0.2) is 0 Å². The van der Waals surface area contributed by atoms with Gasteiger partial charge in [0.25, 0.3) is 0 Å². The van der Waals surface area contributed by atoms with Crippen LogP contribution in [0.4, 0.5) is 0 Å². The molecule has 0 heterocycles. The maximum atomic E-state index is 3.34. The van der Waals surface area contributed by atoms with Crippen molar-refractivity contribution in [3.05, 3.63) is 48.6 Å². The van der Waals surface area contributed by atoms with Crippen LogP contribution in [0.3, 0.4) is 0 Å². The lowest BCUT2D eigenvalue weighted by molar-refractivity contribution is 0.560. The van der Waals surface area contributed by atoms with Gasteiger partial charge in [0.05, 0.1) is 0 Å². The molecule has 0 fully saturated rings. The molecule has 1 aliphatic carbocycles. The first-order valence-corrected chi connectivity index (χ1v) is 8.05. The summed E-state index contributed by atoms with van der Waals surface area (Å²) in [6, 6.07) is 0. The first-order chi connectivity index (χ1) is 9.50. The maximum Gasteiger partial charge on any atom is -0.0276 e. The predicted octanol–water partition coefficient (Wildman–Crippen LogP) is 6.32. The number of allylic oxidation sites excluding steroid dienone is 8. The lowest BCUT2D eigenvalue weighted by Crippen LogP contribution is -1.81. The van der Waals surface area contributed by atoms with Crippen LogP contribution >= 0.6 is 0 Å². The molecule has 0 aromatic carbocycles. The van der Waals surface area contributed by atoms with Gasteiger partial charge in [0.1, 0.15) is 0 Å². The van der Waals surface area contributed by atoms with Gasteiger partial charge in [-0.25, -0.2) is 0 Å². The van der Waals surface area contributed by atoms with E-state index in [0.29, 0.717) is 0 Å². The van der Waals surface area contributed by atoms with Gasteiger partial charge in [0, 0.05) is 0 Å². The summed E-state index contributed by atoms with van der Waals surface area (Å²) in [7, 11) is 0. The standard InChI is InChI=1S/C19H29/c1-2-4-6-8-10-12-14-16-18-19-17-15-13-11-9-7-5-3-1/h1-7H,8,10-19H2/b2-1+,5-3+,6-4-,9-7?. The molecule has 0 saturated heterocycles. The van der Waals surface area contributed by atoms with Crippen LogP contribution in [0, 0.1) is 6.08 Å². The van der Waals surface area contributed by atoms with Gasteiger partial charge in [-0.15, -0.1) is 0 Å². The molecule has 0 atom stereocenters. The molecule has 0 bridgehead atoms. The molecule has 0 heteroatoms. The Bertz CT molecular complexity index is 261. The average Bonchev–Trinajstić information content (AvgIpc) is 2.43. The van der Waals surface area contributed by atoms with Gasteiger partial charge in [-0.05, 0) is 31.8 Å². The van der Waals surface area contributed by atoms with Gasteiger partial charge >= 0.3 is 0 Å². The number of hydrogen-bond acceptors (Lipinski definition) is 0. The van der Waals surface area contributed by atoms with Gasteiger partial charge in [0.2, 0.25) is 0 Å². The molecule has 1 aliphatic rings. The van der Waals surface area contributed by atoms with E-state index in [1.165, 1.54) is 64.2 Å². The largest absolute Gasteiger partial charge is 0.0845 e. The van der Waals surface area contributed by atoms with E-state index in [9.17, 15) is 0 Å². The first kappa shape index (κ1) is 16.0. The first-order valence-electron chi connectivity index (χ1n) is 8.05. The molecule has 19 heavy (non-hydrogen) atoms. The van der Waals surface area contributed by atoms with Gasteiger partial charge in [0.15, 0.2) is 0 Å². The van der Waals surface area contributed by atoms with Crippen molar-refractivity contribution >= 4 is 0 Å². The molecule has 0 spiro atoms. The highest BCUT2D eigenvalue weighted by molar-refractivity contribution is 5.14. The lowest BCUT2D eigenvalue weighted by Gasteiger charge is -2.01. The summed E-state index contributed by atoms with van der Waals surface area (Å²) in [5, 5.41) is 0. The fourth-order valence-corrected chi connectivity index (χ4v) is 2.30. The van der Waals surface area contributed by atoms with Crippen molar-refractivity contribution in [2.75, 3.05) is 0 Å². The topological polar surface area (TPSA) is 0 Å². The third-order valence-corrected chi connectivity index (χ3v) is 3.49. The van der Waals surface area contributed by atoms with Crippen LogP contribution in [0.5, 0.6) is 0 Å². The van der Waals surface area contributed by atoms with E-state index in [4.69, 9.17) is 0 Å². The Morgan fingerprint density at radius 1 is 0.526 bits per heavy atom. The molecule has 105 valence electrons. The second-order valence-electron chi connectivity index (χ2n) is 5.29. The minimum atomic E-state index is 1.11. The molecule has 0 aromatic heterocycles. The smallest absolute Gasteiger partial charge is 0.0276 e. The SMILES string of the molecule is [C]1=C/C=C/C=C/C=C\CCCCCCCCCCC/1. The molecule has 0 aromatic rings. The average molecular weight is 257 g/mol. The molecular weight excluding hydrogens is 228 g/mol. The summed E-state index contributed by atoms with van der Waals surface area (Å²) >= 11 is 0. The quantitative estimate of drug-likeness (QED) is 0.476. The summed E-state index contributed by atoms with van der Waals surface area (Å²) in [5.41, 5.74) is 0. The van der Waals surface area contributed by atoms with Gasteiger partial charge in [-0.3, -0.25) is 0 Å². The van der Waals surface area contributed by atoms with Gasteiger partial charge in [-0.2, -0.15) is 0 Å². The van der Waals surface area contributed by atoms with E-state index in [0.717, 1.165) is 6.42 Å². The Labute approximate surface area is 120 Å². The summed E-state index contributed by atoms with van der Waals surface area (Å²) in [6.07, 6.45) is 33.0. The minimum absolute atomic E-state index is 1.11. The molecule has 0 unspecified atom stereocenters. The Morgan fingerprint density at radius 2 is 1.11 bits per heavy atom. The van der Waals surface area contributed by atoms with E-state index >= 15 is 0 Å². The Balaban J connectivity index is 2.26. The summed E-state index contributed by atoms with van der Waals surface area (Å²) in [4.78, 5) is 0. The molecular formula is C19H29. The van der Waals surface area contributed by atoms with Crippen molar-refractivity contribution in [3.8, 4) is 0 Å². The fourth-order valence-electron chi connectivity index (χ4n) is 2.30. The summed E-state index contributed by atoms with van der Waals surface area (Å²) in [6.45, 7) is 0. The van der Waals surface area contributed by atoms with Crippen LogP contribution in [0.15, 0.2) is 42.5 Å². The highest BCUT2D eigenvalue weighted by Gasteiger charge is 1.92. The van der Waals surface area contributed by atoms with Crippen molar-refractivity contribution < 1.29 is 0 Å². The van der Waals surface area contributed by atoms with Crippen molar-refractivity contribution in [3.63, 3.8) is 0 Å². The lowest BCUT2D eigenvalue weighted by atomic mass is 10.1. The van der Waals surface area contributed by atoms with Crippen molar-refractivity contribution in [1.29, 1.82) is 0 Å². The molecule has 0 aliphatic heterocycles. The third kappa shape index (κ3) is 11.8.